The minimum Gasteiger partial charge on any atom is -0.336 e. The zero-order valence-electron chi connectivity index (χ0n) is 12.7. The van der Waals surface area contributed by atoms with Crippen LogP contribution < -0.4 is 5.73 Å². The lowest BCUT2D eigenvalue weighted by Gasteiger charge is -2.43. The third kappa shape index (κ3) is 3.11. The van der Waals surface area contributed by atoms with E-state index in [0.717, 1.165) is 18.7 Å². The number of fused-ring (bicyclic) bond motifs is 1. The summed E-state index contributed by atoms with van der Waals surface area (Å²) in [5, 5.41) is 0. The smallest absolute Gasteiger partial charge is 0.240 e. The summed E-state index contributed by atoms with van der Waals surface area (Å²) in [5.74, 6) is 0.109. The topological polar surface area (TPSA) is 49.6 Å². The standard InChI is InChI=1S/C17H25N3O/c1-13-11-19-9-5-8-15(19)12-20(13)17(21)16(18)10-14-6-3-2-4-7-14/h2-4,6-7,13,15-16H,5,8-12,18H2,1H3/t13?,15?,16-/m1/s1. The van der Waals surface area contributed by atoms with E-state index >= 15 is 0 Å². The number of hydrogen-bond donors (Lipinski definition) is 1. The van der Waals surface area contributed by atoms with Gasteiger partial charge in [-0.3, -0.25) is 9.69 Å². The van der Waals surface area contributed by atoms with Gasteiger partial charge in [-0.1, -0.05) is 30.3 Å². The normalized spacial score (nSPS) is 27.4. The van der Waals surface area contributed by atoms with E-state index in [1.807, 2.05) is 35.2 Å². The molecule has 2 fully saturated rings. The molecule has 2 heterocycles. The van der Waals surface area contributed by atoms with Crippen molar-refractivity contribution in [3.05, 3.63) is 35.9 Å². The summed E-state index contributed by atoms with van der Waals surface area (Å²) in [6, 6.07) is 10.4. The summed E-state index contributed by atoms with van der Waals surface area (Å²) in [6.45, 7) is 5.17. The van der Waals surface area contributed by atoms with Crippen molar-refractivity contribution < 1.29 is 4.79 Å². The molecule has 1 amide bonds. The zero-order chi connectivity index (χ0) is 14.8. The van der Waals surface area contributed by atoms with Crippen LogP contribution in [0.3, 0.4) is 0 Å². The number of carbonyl (C=O) groups is 1. The average Bonchev–Trinajstić information content (AvgIpc) is 2.93. The van der Waals surface area contributed by atoms with Crippen LogP contribution in [0.15, 0.2) is 30.3 Å². The zero-order valence-corrected chi connectivity index (χ0v) is 12.7. The fraction of sp³-hybridized carbons (Fsp3) is 0.588. The monoisotopic (exact) mass is 287 g/mol. The Morgan fingerprint density at radius 3 is 2.86 bits per heavy atom. The molecule has 2 aliphatic heterocycles. The second kappa shape index (κ2) is 6.16. The highest BCUT2D eigenvalue weighted by Gasteiger charge is 2.37. The molecular formula is C17H25N3O. The third-order valence-corrected chi connectivity index (χ3v) is 4.84. The van der Waals surface area contributed by atoms with E-state index in [1.54, 1.807) is 0 Å². The lowest BCUT2D eigenvalue weighted by atomic mass is 10.0. The molecule has 0 aromatic heterocycles. The van der Waals surface area contributed by atoms with Crippen LogP contribution in [0.2, 0.25) is 0 Å². The van der Waals surface area contributed by atoms with Crippen LogP contribution in [0.4, 0.5) is 0 Å². The van der Waals surface area contributed by atoms with Crippen LogP contribution in [0.5, 0.6) is 0 Å². The molecule has 3 rings (SSSR count). The number of nitrogens with zero attached hydrogens (tertiary/aromatic N) is 2. The lowest BCUT2D eigenvalue weighted by molar-refractivity contribution is -0.138. The number of amides is 1. The van der Waals surface area contributed by atoms with Crippen molar-refractivity contribution in [2.24, 2.45) is 5.73 Å². The Morgan fingerprint density at radius 2 is 2.10 bits per heavy atom. The summed E-state index contributed by atoms with van der Waals surface area (Å²) >= 11 is 0. The maximum absolute atomic E-state index is 12.7. The first-order chi connectivity index (χ1) is 10.1. The molecule has 0 aliphatic carbocycles. The van der Waals surface area contributed by atoms with Crippen molar-refractivity contribution in [3.63, 3.8) is 0 Å². The van der Waals surface area contributed by atoms with E-state index < -0.39 is 6.04 Å². The van der Waals surface area contributed by atoms with Crippen LogP contribution in [-0.4, -0.2) is 53.5 Å². The van der Waals surface area contributed by atoms with Crippen LogP contribution in [0.25, 0.3) is 0 Å². The average molecular weight is 287 g/mol. The van der Waals surface area contributed by atoms with Gasteiger partial charge in [-0.05, 0) is 38.3 Å². The third-order valence-electron chi connectivity index (χ3n) is 4.84. The number of rotatable bonds is 3. The molecule has 0 saturated carbocycles. The summed E-state index contributed by atoms with van der Waals surface area (Å²) in [7, 11) is 0. The molecule has 4 heteroatoms. The molecule has 4 nitrogen and oxygen atoms in total. The van der Waals surface area contributed by atoms with Crippen molar-refractivity contribution in [3.8, 4) is 0 Å². The largest absolute Gasteiger partial charge is 0.336 e. The first-order valence-electron chi connectivity index (χ1n) is 7.99. The SMILES string of the molecule is CC1CN2CCCC2CN1C(=O)[C@H](N)Cc1ccccc1. The summed E-state index contributed by atoms with van der Waals surface area (Å²) in [6.07, 6.45) is 3.09. The molecule has 21 heavy (non-hydrogen) atoms. The summed E-state index contributed by atoms with van der Waals surface area (Å²) in [4.78, 5) is 17.2. The van der Waals surface area contributed by atoms with Gasteiger partial charge in [0.25, 0.3) is 0 Å². The van der Waals surface area contributed by atoms with Gasteiger partial charge in [-0.15, -0.1) is 0 Å². The Hall–Kier alpha value is -1.39. The van der Waals surface area contributed by atoms with E-state index in [4.69, 9.17) is 5.73 Å². The molecule has 0 bridgehead atoms. The Morgan fingerprint density at radius 1 is 1.33 bits per heavy atom. The van der Waals surface area contributed by atoms with Gasteiger partial charge in [-0.2, -0.15) is 0 Å². The highest BCUT2D eigenvalue weighted by Crippen LogP contribution is 2.25. The van der Waals surface area contributed by atoms with Gasteiger partial charge in [0, 0.05) is 25.2 Å². The van der Waals surface area contributed by atoms with Crippen molar-refractivity contribution >= 4 is 5.91 Å². The predicted molar refractivity (Wildman–Crippen MR) is 83.9 cm³/mol. The van der Waals surface area contributed by atoms with Crippen molar-refractivity contribution in [1.29, 1.82) is 0 Å². The quantitative estimate of drug-likeness (QED) is 0.910. The second-order valence-corrected chi connectivity index (χ2v) is 6.43. The van der Waals surface area contributed by atoms with Crippen LogP contribution in [-0.2, 0) is 11.2 Å². The Bertz CT molecular complexity index is 490. The predicted octanol–water partition coefficient (Wildman–Crippen LogP) is 1.25. The number of hydrogen-bond acceptors (Lipinski definition) is 3. The van der Waals surface area contributed by atoms with Crippen molar-refractivity contribution in [2.75, 3.05) is 19.6 Å². The van der Waals surface area contributed by atoms with E-state index in [1.165, 1.54) is 19.4 Å². The Kier molecular flexibility index (Phi) is 4.27. The van der Waals surface area contributed by atoms with Crippen LogP contribution >= 0.6 is 0 Å². The molecule has 3 atom stereocenters. The minimum atomic E-state index is -0.428. The molecule has 0 spiro atoms. The molecule has 2 aliphatic rings. The summed E-state index contributed by atoms with van der Waals surface area (Å²) < 4.78 is 0. The number of benzene rings is 1. The van der Waals surface area contributed by atoms with Gasteiger partial charge in [0.15, 0.2) is 0 Å². The molecular weight excluding hydrogens is 262 g/mol. The molecule has 2 N–H and O–H groups in total. The number of piperazine rings is 1. The fourth-order valence-electron chi connectivity index (χ4n) is 3.66. The maximum atomic E-state index is 12.7. The van der Waals surface area contributed by atoms with Crippen LogP contribution in [0, 0.1) is 0 Å². The molecule has 1 aromatic carbocycles. The van der Waals surface area contributed by atoms with Crippen LogP contribution in [0.1, 0.15) is 25.3 Å². The fourth-order valence-corrected chi connectivity index (χ4v) is 3.66. The maximum Gasteiger partial charge on any atom is 0.240 e. The van der Waals surface area contributed by atoms with Gasteiger partial charge >= 0.3 is 0 Å². The second-order valence-electron chi connectivity index (χ2n) is 6.43. The van der Waals surface area contributed by atoms with Gasteiger partial charge in [-0.25, -0.2) is 0 Å². The first kappa shape index (κ1) is 14.5. The number of carbonyl (C=O) groups excluding carboxylic acids is 1. The van der Waals surface area contributed by atoms with Gasteiger partial charge < -0.3 is 10.6 Å². The van der Waals surface area contributed by atoms with E-state index in [-0.39, 0.29) is 11.9 Å². The van der Waals surface area contributed by atoms with Gasteiger partial charge in [0.1, 0.15) is 0 Å². The molecule has 1 aromatic rings. The Labute approximate surface area is 126 Å². The summed E-state index contributed by atoms with van der Waals surface area (Å²) in [5.41, 5.74) is 7.30. The first-order valence-corrected chi connectivity index (χ1v) is 7.99. The van der Waals surface area contributed by atoms with Crippen molar-refractivity contribution in [2.45, 2.75) is 44.3 Å². The molecule has 114 valence electrons. The van der Waals surface area contributed by atoms with Gasteiger partial charge in [0.05, 0.1) is 6.04 Å². The van der Waals surface area contributed by atoms with E-state index in [0.29, 0.717) is 12.5 Å². The van der Waals surface area contributed by atoms with E-state index in [2.05, 4.69) is 11.8 Å². The minimum absolute atomic E-state index is 0.109. The highest BCUT2D eigenvalue weighted by molar-refractivity contribution is 5.82. The Balaban J connectivity index is 1.63. The highest BCUT2D eigenvalue weighted by atomic mass is 16.2. The van der Waals surface area contributed by atoms with E-state index in [9.17, 15) is 4.79 Å². The van der Waals surface area contributed by atoms with Gasteiger partial charge in [0.2, 0.25) is 5.91 Å². The molecule has 2 unspecified atom stereocenters. The van der Waals surface area contributed by atoms with Crippen molar-refractivity contribution in [1.82, 2.24) is 9.80 Å². The molecule has 0 radical (unpaired) electrons. The number of nitrogens with two attached hydrogens (primary N) is 1. The molecule has 2 saturated heterocycles. The lowest BCUT2D eigenvalue weighted by Crippen LogP contribution is -2.60.